The fraction of sp³-hybridized carbons (Fsp3) is 0.0303. The van der Waals surface area contributed by atoms with Crippen molar-refractivity contribution in [2.45, 2.75) is 9.79 Å². The average molecular weight is 916 g/mol. The molecule has 1 aliphatic heterocycles. The van der Waals surface area contributed by atoms with Gasteiger partial charge < -0.3 is 14.7 Å². The van der Waals surface area contributed by atoms with E-state index in [1.54, 1.807) is 0 Å². The highest BCUT2D eigenvalue weighted by atomic mass is 32.3. The van der Waals surface area contributed by atoms with Crippen LogP contribution < -0.4 is 14.7 Å². The molecule has 0 unspecified atom stereocenters. The van der Waals surface area contributed by atoms with Gasteiger partial charge in [-0.3, -0.25) is 0 Å². The van der Waals surface area contributed by atoms with Crippen LogP contribution in [0.15, 0.2) is 271 Å². The summed E-state index contributed by atoms with van der Waals surface area (Å²) >= 11 is 0. The lowest BCUT2D eigenvalue weighted by Crippen LogP contribution is -2.15. The van der Waals surface area contributed by atoms with Gasteiger partial charge >= 0.3 is 0 Å². The highest BCUT2D eigenvalue weighted by molar-refractivity contribution is 8.33. The lowest BCUT2D eigenvalue weighted by Gasteiger charge is -2.42. The first kappa shape index (κ1) is 41.6. The van der Waals surface area contributed by atoms with Crippen molar-refractivity contribution in [1.29, 1.82) is 0 Å². The summed E-state index contributed by atoms with van der Waals surface area (Å²) in [6, 6.07) is 96.0. The number of hydrogen-bond acceptors (Lipinski definition) is 3. The van der Waals surface area contributed by atoms with Gasteiger partial charge in [0.25, 0.3) is 0 Å². The summed E-state index contributed by atoms with van der Waals surface area (Å²) in [5.74, 6) is 0. The monoisotopic (exact) mass is 915 g/mol. The van der Waals surface area contributed by atoms with Gasteiger partial charge in [-0.2, -0.15) is 10.0 Å². The van der Waals surface area contributed by atoms with E-state index < -0.39 is 10.0 Å². The van der Waals surface area contributed by atoms with E-state index in [9.17, 15) is 0 Å². The second-order valence-electron chi connectivity index (χ2n) is 18.6. The molecular formula is C66H49N3S. The molecule has 0 aliphatic carbocycles. The molecule has 0 aromatic heterocycles. The van der Waals surface area contributed by atoms with E-state index >= 15 is 0 Å². The van der Waals surface area contributed by atoms with Gasteiger partial charge in [-0.1, -0.05) is 170 Å². The molecule has 3 nitrogen and oxygen atoms in total. The van der Waals surface area contributed by atoms with E-state index in [4.69, 9.17) is 0 Å². The maximum atomic E-state index is 2.52. The first-order valence-corrected chi connectivity index (χ1v) is 26.4. The number of benzene rings is 12. The molecule has 13 rings (SSSR count). The van der Waals surface area contributed by atoms with Crippen LogP contribution in [-0.2, 0) is 0 Å². The number of fused-ring (bicyclic) bond motifs is 5. The fourth-order valence-electron chi connectivity index (χ4n) is 11.0. The average Bonchev–Trinajstić information content (AvgIpc) is 3.41. The summed E-state index contributed by atoms with van der Waals surface area (Å²) in [5, 5.41) is 9.78. The first-order chi connectivity index (χ1) is 34.5. The molecule has 0 atom stereocenters. The summed E-state index contributed by atoms with van der Waals surface area (Å²) in [7, 11) is -1.67. The van der Waals surface area contributed by atoms with Crippen LogP contribution in [0.4, 0.5) is 51.2 Å². The molecule has 0 spiro atoms. The van der Waals surface area contributed by atoms with Crippen molar-refractivity contribution in [3.05, 3.63) is 261 Å². The second kappa shape index (κ2) is 16.9. The molecule has 0 fully saturated rings. The molecule has 334 valence electrons. The lowest BCUT2D eigenvalue weighted by molar-refractivity contribution is 1.25. The molecule has 1 aliphatic rings. The highest BCUT2D eigenvalue weighted by Crippen LogP contribution is 2.67. The highest BCUT2D eigenvalue weighted by Gasteiger charge is 2.34. The van der Waals surface area contributed by atoms with Crippen LogP contribution in [0.25, 0.3) is 54.2 Å². The van der Waals surface area contributed by atoms with Crippen molar-refractivity contribution in [2.24, 2.45) is 0 Å². The molecule has 0 saturated heterocycles. The topological polar surface area (TPSA) is 9.72 Å². The normalized spacial score (nSPS) is 13.0. The summed E-state index contributed by atoms with van der Waals surface area (Å²) in [5.41, 5.74) is 12.7. The maximum Gasteiger partial charge on any atom is 0.0540 e. The molecule has 0 saturated carbocycles. The van der Waals surface area contributed by atoms with Gasteiger partial charge in [0.05, 0.1) is 17.1 Å². The van der Waals surface area contributed by atoms with E-state index in [1.807, 2.05) is 0 Å². The molecule has 1 heterocycles. The van der Waals surface area contributed by atoms with E-state index in [-0.39, 0.29) is 0 Å². The van der Waals surface area contributed by atoms with Crippen LogP contribution in [0.1, 0.15) is 0 Å². The molecule has 0 bridgehead atoms. The number of nitrogens with zero attached hydrogens (tertiary/aromatic N) is 3. The van der Waals surface area contributed by atoms with Crippen LogP contribution >= 0.6 is 10.0 Å². The summed E-state index contributed by atoms with van der Waals surface area (Å²) in [6.07, 6.45) is 5.01. The SMILES string of the molecule is CS1(C)c2cc(N(c3ccccc3)c3cccc4ccccc34)ccc2-c2cc(N(c3ccccc3)c3cccc4ccccc34)cc3cc(N(c4ccccc4)c4cccc5ccccc45)cc1c23. The molecular weight excluding hydrogens is 867 g/mol. The van der Waals surface area contributed by atoms with Crippen molar-refractivity contribution in [3.8, 4) is 11.1 Å². The second-order valence-corrected chi connectivity index (χ2v) is 22.1. The van der Waals surface area contributed by atoms with Crippen LogP contribution in [0.2, 0.25) is 0 Å². The standard InChI is InChI=1S/C66H49N3S/c1-70(2)64-44-53(67(50-27-6-3-7-28-50)61-36-18-24-46-21-12-15-33-56(46)61)39-40-59(64)60-43-54(68(51-29-8-4-9-30-51)62-37-19-25-47-22-13-16-34-57(47)62)41-49-42-55(45-65(70)66(49)60)69(52-31-10-5-11-32-52)63-38-20-26-48-23-14-17-35-58(48)63/h3-45H,1-2H3. The van der Waals surface area contributed by atoms with Crippen molar-refractivity contribution in [3.63, 3.8) is 0 Å². The van der Waals surface area contributed by atoms with Gasteiger partial charge in [0.2, 0.25) is 0 Å². The van der Waals surface area contributed by atoms with Crippen molar-refractivity contribution in [2.75, 3.05) is 27.2 Å². The zero-order valence-corrected chi connectivity index (χ0v) is 39.9. The Balaban J connectivity index is 1.11. The first-order valence-electron chi connectivity index (χ1n) is 24.0. The summed E-state index contributed by atoms with van der Waals surface area (Å²) in [4.78, 5) is 10.1. The largest absolute Gasteiger partial charge is 0.310 e. The van der Waals surface area contributed by atoms with Gasteiger partial charge in [0.15, 0.2) is 0 Å². The Morgan fingerprint density at radius 3 is 1.09 bits per heavy atom. The number of para-hydroxylation sites is 3. The zero-order valence-electron chi connectivity index (χ0n) is 39.1. The van der Waals surface area contributed by atoms with E-state index in [0.717, 1.165) is 51.2 Å². The Labute approximate surface area is 411 Å². The minimum Gasteiger partial charge on any atom is -0.310 e. The Kier molecular flexibility index (Phi) is 10.0. The van der Waals surface area contributed by atoms with E-state index in [1.165, 1.54) is 64.0 Å². The maximum absolute atomic E-state index is 2.52. The smallest absolute Gasteiger partial charge is 0.0540 e. The number of anilines is 9. The Morgan fingerprint density at radius 1 is 0.257 bits per heavy atom. The molecule has 12 aromatic carbocycles. The Bertz CT molecular complexity index is 3920. The predicted molar refractivity (Wildman–Crippen MR) is 302 cm³/mol. The minimum absolute atomic E-state index is 1.11. The van der Waals surface area contributed by atoms with Gasteiger partial charge in [-0.15, -0.1) is 0 Å². The van der Waals surface area contributed by atoms with Crippen LogP contribution in [-0.4, -0.2) is 12.5 Å². The fourth-order valence-corrected chi connectivity index (χ4v) is 13.5. The van der Waals surface area contributed by atoms with Gasteiger partial charge in [-0.05, 0) is 136 Å². The lowest BCUT2D eigenvalue weighted by atomic mass is 9.94. The number of rotatable bonds is 9. The van der Waals surface area contributed by atoms with E-state index in [0.29, 0.717) is 0 Å². The number of hydrogen-bond donors (Lipinski definition) is 0. The third-order valence-electron chi connectivity index (χ3n) is 14.2. The van der Waals surface area contributed by atoms with Crippen LogP contribution in [0.3, 0.4) is 0 Å². The summed E-state index contributed by atoms with van der Waals surface area (Å²) < 4.78 is 0. The quantitative estimate of drug-likeness (QED) is 0.143. The molecule has 70 heavy (non-hydrogen) atoms. The van der Waals surface area contributed by atoms with Gasteiger partial charge in [0.1, 0.15) is 0 Å². The third-order valence-corrected chi connectivity index (χ3v) is 17.0. The molecule has 0 amide bonds. The minimum atomic E-state index is -1.67. The third kappa shape index (κ3) is 6.90. The summed E-state index contributed by atoms with van der Waals surface area (Å²) in [6.45, 7) is 0. The van der Waals surface area contributed by atoms with Crippen molar-refractivity contribution in [1.82, 2.24) is 0 Å². The van der Waals surface area contributed by atoms with Crippen molar-refractivity contribution < 1.29 is 0 Å². The van der Waals surface area contributed by atoms with Gasteiger partial charge in [-0.25, -0.2) is 0 Å². The zero-order chi connectivity index (χ0) is 46.8. The molecule has 12 aromatic rings. The van der Waals surface area contributed by atoms with Crippen molar-refractivity contribution >= 4 is 104 Å². The van der Waals surface area contributed by atoms with Gasteiger partial charge in [0, 0.05) is 65.5 Å². The molecule has 4 heteroatoms. The van der Waals surface area contributed by atoms with E-state index in [2.05, 4.69) is 288 Å². The molecule has 0 N–H and O–H groups in total. The van der Waals surface area contributed by atoms with Crippen LogP contribution in [0.5, 0.6) is 0 Å². The predicted octanol–water partition coefficient (Wildman–Crippen LogP) is 19.2. The van der Waals surface area contributed by atoms with Crippen LogP contribution in [0, 0.1) is 0 Å². The Morgan fingerprint density at radius 2 is 0.629 bits per heavy atom. The molecule has 0 radical (unpaired) electrons. The Hall–Kier alpha value is -8.57.